The van der Waals surface area contributed by atoms with Crippen LogP contribution < -0.4 is 10.2 Å². The first-order chi connectivity index (χ1) is 15.2. The summed E-state index contributed by atoms with van der Waals surface area (Å²) in [4.78, 5) is 22.2. The van der Waals surface area contributed by atoms with E-state index in [1.807, 2.05) is 34.5 Å². The summed E-state index contributed by atoms with van der Waals surface area (Å²) in [6.07, 6.45) is 3.23. The molecule has 1 N–H and O–H groups in total. The number of hydrogen-bond acceptors (Lipinski definition) is 6. The number of piperazine rings is 1. The Morgan fingerprint density at radius 1 is 1.10 bits per heavy atom. The Morgan fingerprint density at radius 2 is 1.84 bits per heavy atom. The number of nitriles is 1. The molecule has 1 aromatic carbocycles. The van der Waals surface area contributed by atoms with Crippen molar-refractivity contribution in [1.82, 2.24) is 15.2 Å². The van der Waals surface area contributed by atoms with Gasteiger partial charge in [0, 0.05) is 45.5 Å². The summed E-state index contributed by atoms with van der Waals surface area (Å²) in [6, 6.07) is 14.7. The zero-order valence-electron chi connectivity index (χ0n) is 17.4. The molecule has 2 aliphatic heterocycles. The molecule has 3 aromatic rings. The van der Waals surface area contributed by atoms with Gasteiger partial charge in [0.15, 0.2) is 0 Å². The van der Waals surface area contributed by atoms with Gasteiger partial charge >= 0.3 is 0 Å². The maximum atomic E-state index is 13.4. The minimum atomic E-state index is -0.470. The maximum Gasteiger partial charge on any atom is 0.257 e. The number of rotatable bonds is 3. The van der Waals surface area contributed by atoms with Gasteiger partial charge in [0.05, 0.1) is 33.0 Å². The van der Waals surface area contributed by atoms with Crippen molar-refractivity contribution in [2.24, 2.45) is 0 Å². The average molecular weight is 432 g/mol. The normalized spacial score (nSPS) is 18.7. The molecule has 2 aromatic heterocycles. The number of fused-ring (bicyclic) bond motifs is 1. The molecule has 0 radical (unpaired) electrons. The molecule has 2 fully saturated rings. The van der Waals surface area contributed by atoms with Crippen LogP contribution in [0, 0.1) is 11.3 Å². The van der Waals surface area contributed by atoms with Crippen LogP contribution in [0.15, 0.2) is 48.0 Å². The largest absolute Gasteiger partial charge is 0.369 e. The lowest BCUT2D eigenvalue weighted by molar-refractivity contribution is 0.0736. The van der Waals surface area contributed by atoms with E-state index in [1.165, 1.54) is 0 Å². The topological polar surface area (TPSA) is 72.3 Å². The Morgan fingerprint density at radius 3 is 2.55 bits per heavy atom. The smallest absolute Gasteiger partial charge is 0.257 e. The molecular formula is C24H25N5OS. The first-order valence-corrected chi connectivity index (χ1v) is 11.7. The van der Waals surface area contributed by atoms with Gasteiger partial charge in [-0.2, -0.15) is 5.26 Å². The molecule has 0 spiro atoms. The molecule has 6 nitrogen and oxygen atoms in total. The van der Waals surface area contributed by atoms with E-state index >= 15 is 0 Å². The number of amides is 1. The average Bonchev–Trinajstić information content (AvgIpc) is 3.33. The van der Waals surface area contributed by atoms with Crippen molar-refractivity contribution in [3.63, 3.8) is 0 Å². The van der Waals surface area contributed by atoms with Crippen LogP contribution in [-0.2, 0) is 5.41 Å². The molecule has 0 unspecified atom stereocenters. The van der Waals surface area contributed by atoms with Gasteiger partial charge in [0.25, 0.3) is 5.91 Å². The van der Waals surface area contributed by atoms with Crippen LogP contribution in [0.2, 0.25) is 0 Å². The second-order valence-electron chi connectivity index (χ2n) is 8.24. The lowest BCUT2D eigenvalue weighted by Crippen LogP contribution is -2.47. The van der Waals surface area contributed by atoms with Crippen LogP contribution >= 0.6 is 11.3 Å². The van der Waals surface area contributed by atoms with Crippen LogP contribution in [0.3, 0.4) is 0 Å². The number of piperidine rings is 1. The fraction of sp³-hybridized carbons (Fsp3) is 0.375. The van der Waals surface area contributed by atoms with E-state index < -0.39 is 5.41 Å². The number of pyridine rings is 1. The molecule has 158 valence electrons. The van der Waals surface area contributed by atoms with Crippen molar-refractivity contribution in [2.75, 3.05) is 44.2 Å². The molecular weight excluding hydrogens is 406 g/mol. The second-order valence-corrected chi connectivity index (χ2v) is 9.16. The quantitative estimate of drug-likeness (QED) is 0.688. The summed E-state index contributed by atoms with van der Waals surface area (Å²) in [7, 11) is 0. The third-order valence-corrected chi connectivity index (χ3v) is 7.47. The highest BCUT2D eigenvalue weighted by Gasteiger charge is 2.38. The third-order valence-electron chi connectivity index (χ3n) is 6.56. The Kier molecular flexibility index (Phi) is 5.34. The van der Waals surface area contributed by atoms with Crippen LogP contribution in [0.5, 0.6) is 0 Å². The lowest BCUT2D eigenvalue weighted by Gasteiger charge is -2.40. The monoisotopic (exact) mass is 431 g/mol. The van der Waals surface area contributed by atoms with E-state index in [-0.39, 0.29) is 5.91 Å². The van der Waals surface area contributed by atoms with Gasteiger partial charge < -0.3 is 15.1 Å². The molecule has 2 aliphatic rings. The number of hydrogen-bond donors (Lipinski definition) is 1. The first kappa shape index (κ1) is 20.0. The molecule has 0 saturated carbocycles. The molecule has 0 bridgehead atoms. The van der Waals surface area contributed by atoms with Gasteiger partial charge in [-0.15, -0.1) is 11.3 Å². The van der Waals surface area contributed by atoms with E-state index in [9.17, 15) is 10.1 Å². The van der Waals surface area contributed by atoms with Crippen LogP contribution in [0.4, 0.5) is 5.69 Å². The predicted molar refractivity (Wildman–Crippen MR) is 124 cm³/mol. The first-order valence-electron chi connectivity index (χ1n) is 10.8. The highest BCUT2D eigenvalue weighted by Crippen LogP contribution is 2.40. The van der Waals surface area contributed by atoms with Gasteiger partial charge in [-0.25, -0.2) is 0 Å². The van der Waals surface area contributed by atoms with E-state index in [0.29, 0.717) is 18.7 Å². The van der Waals surface area contributed by atoms with Crippen molar-refractivity contribution in [2.45, 2.75) is 18.3 Å². The molecule has 2 saturated heterocycles. The van der Waals surface area contributed by atoms with E-state index in [4.69, 9.17) is 0 Å². The SMILES string of the molecule is N#CC1(c2ccccc2)CCN(c2c(C(=O)N3CCNCC3)cnc3ccsc23)CC1. The summed E-state index contributed by atoms with van der Waals surface area (Å²) in [5.74, 6) is 0.0551. The minimum absolute atomic E-state index is 0.0551. The predicted octanol–water partition coefficient (Wildman–Crippen LogP) is 3.40. The van der Waals surface area contributed by atoms with Crippen LogP contribution in [0.25, 0.3) is 10.2 Å². The number of anilines is 1. The number of benzene rings is 1. The zero-order chi connectivity index (χ0) is 21.3. The zero-order valence-corrected chi connectivity index (χ0v) is 18.2. The Labute approximate surface area is 186 Å². The number of nitrogens with one attached hydrogen (secondary N) is 1. The van der Waals surface area contributed by atoms with E-state index in [1.54, 1.807) is 17.5 Å². The van der Waals surface area contributed by atoms with Crippen molar-refractivity contribution < 1.29 is 4.79 Å². The van der Waals surface area contributed by atoms with E-state index in [2.05, 4.69) is 33.4 Å². The van der Waals surface area contributed by atoms with Crippen molar-refractivity contribution in [3.8, 4) is 6.07 Å². The highest BCUT2D eigenvalue weighted by molar-refractivity contribution is 7.17. The van der Waals surface area contributed by atoms with Crippen LogP contribution in [0.1, 0.15) is 28.8 Å². The fourth-order valence-corrected chi connectivity index (χ4v) is 5.67. The summed E-state index contributed by atoms with van der Waals surface area (Å²) >= 11 is 1.64. The number of nitrogens with zero attached hydrogens (tertiary/aromatic N) is 4. The molecule has 31 heavy (non-hydrogen) atoms. The number of aromatic nitrogens is 1. The van der Waals surface area contributed by atoms with E-state index in [0.717, 1.165) is 60.5 Å². The molecule has 7 heteroatoms. The van der Waals surface area contributed by atoms with Gasteiger partial charge in [-0.3, -0.25) is 9.78 Å². The molecule has 5 rings (SSSR count). The number of carbonyl (C=O) groups excluding carboxylic acids is 1. The standard InChI is InChI=1S/C24H25N5OS/c25-17-24(18-4-2-1-3-5-18)7-11-28(12-8-24)21-19(16-27-20-6-15-31-22(20)21)23(30)29-13-9-26-10-14-29/h1-6,15-16,26H,7-14H2. The van der Waals surface area contributed by atoms with Gasteiger partial charge in [-0.05, 0) is 29.9 Å². The maximum absolute atomic E-state index is 13.4. The number of carbonyl (C=O) groups is 1. The van der Waals surface area contributed by atoms with Gasteiger partial charge in [0.1, 0.15) is 0 Å². The third kappa shape index (κ3) is 3.56. The summed E-state index contributed by atoms with van der Waals surface area (Å²) in [6.45, 7) is 4.55. The Balaban J connectivity index is 1.48. The molecule has 4 heterocycles. The van der Waals surface area contributed by atoms with Crippen molar-refractivity contribution in [3.05, 3.63) is 59.1 Å². The minimum Gasteiger partial charge on any atom is -0.369 e. The molecule has 1 amide bonds. The number of thiophene rings is 1. The Bertz CT molecular complexity index is 1120. The molecule has 0 atom stereocenters. The van der Waals surface area contributed by atoms with Crippen molar-refractivity contribution in [1.29, 1.82) is 5.26 Å². The summed E-state index contributed by atoms with van der Waals surface area (Å²) < 4.78 is 1.06. The molecule has 0 aliphatic carbocycles. The van der Waals surface area contributed by atoms with Gasteiger partial charge in [0.2, 0.25) is 0 Å². The van der Waals surface area contributed by atoms with Gasteiger partial charge in [-0.1, -0.05) is 30.3 Å². The summed E-state index contributed by atoms with van der Waals surface area (Å²) in [5, 5.41) is 15.4. The van der Waals surface area contributed by atoms with Crippen molar-refractivity contribution >= 4 is 33.1 Å². The Hall–Kier alpha value is -2.95. The highest BCUT2D eigenvalue weighted by atomic mass is 32.1. The lowest BCUT2D eigenvalue weighted by atomic mass is 9.74. The second kappa shape index (κ2) is 8.29. The van der Waals surface area contributed by atoms with Crippen LogP contribution in [-0.4, -0.2) is 55.1 Å². The fourth-order valence-electron chi connectivity index (χ4n) is 4.74. The summed E-state index contributed by atoms with van der Waals surface area (Å²) in [5.41, 5.74) is 3.22.